The zero-order chi connectivity index (χ0) is 22.8. The van der Waals surface area contributed by atoms with Crippen LogP contribution in [-0.4, -0.2) is 39.5 Å². The van der Waals surface area contributed by atoms with E-state index in [4.69, 9.17) is 0 Å². The number of anilines is 1. The Morgan fingerprint density at radius 2 is 1.48 bits per heavy atom. The molecule has 1 amide bonds. The summed E-state index contributed by atoms with van der Waals surface area (Å²) in [6.45, 7) is -0.0599. The first-order valence-corrected chi connectivity index (χ1v) is 10.7. The molecule has 4 N–H and O–H groups in total. The minimum atomic E-state index is -1.08. The lowest BCUT2D eigenvalue weighted by Gasteiger charge is -2.16. The summed E-state index contributed by atoms with van der Waals surface area (Å²) in [5.41, 5.74) is 4.22. The van der Waals surface area contributed by atoms with Crippen molar-refractivity contribution < 1.29 is 14.7 Å². The van der Waals surface area contributed by atoms with Gasteiger partial charge in [0.2, 0.25) is 5.91 Å². The fraction of sp³-hybridized carbons (Fsp3) is 0.115. The third-order valence-corrected chi connectivity index (χ3v) is 5.75. The lowest BCUT2D eigenvalue weighted by atomic mass is 10.0. The van der Waals surface area contributed by atoms with Gasteiger partial charge in [0.15, 0.2) is 0 Å². The van der Waals surface area contributed by atoms with Gasteiger partial charge in [0.1, 0.15) is 6.04 Å². The summed E-state index contributed by atoms with van der Waals surface area (Å²) in [5.74, 6) is -1.47. The molecule has 3 aromatic carbocycles. The lowest BCUT2D eigenvalue weighted by Crippen LogP contribution is -2.44. The van der Waals surface area contributed by atoms with Crippen LogP contribution in [0.2, 0.25) is 0 Å². The number of carbonyl (C=O) groups excluding carboxylic acids is 1. The van der Waals surface area contributed by atoms with Crippen molar-refractivity contribution >= 4 is 50.3 Å². The maximum absolute atomic E-state index is 12.7. The number of fused-ring (bicyclic) bond motifs is 3. The maximum Gasteiger partial charge on any atom is 0.326 e. The molecular weight excluding hydrogens is 416 g/mol. The minimum absolute atomic E-state index is 0.0599. The van der Waals surface area contributed by atoms with E-state index in [1.165, 1.54) is 0 Å². The largest absolute Gasteiger partial charge is 0.480 e. The Hall–Kier alpha value is -4.39. The number of amides is 1. The topological polar surface area (TPSA) is 107 Å². The number of carboxylic acid groups (broad SMARTS) is 1. The van der Waals surface area contributed by atoms with Crippen LogP contribution >= 0.6 is 0 Å². The van der Waals surface area contributed by atoms with Crippen molar-refractivity contribution in [2.75, 3.05) is 11.9 Å². The molecule has 0 saturated carbocycles. The number of aromatic amines is 1. The van der Waals surface area contributed by atoms with E-state index in [2.05, 4.69) is 20.6 Å². The summed E-state index contributed by atoms with van der Waals surface area (Å²) in [4.78, 5) is 32.4. The Labute approximate surface area is 189 Å². The molecule has 1 atom stereocenters. The van der Waals surface area contributed by atoms with Gasteiger partial charge >= 0.3 is 5.97 Å². The van der Waals surface area contributed by atoms with Crippen molar-refractivity contribution in [3.05, 3.63) is 84.6 Å². The predicted molar refractivity (Wildman–Crippen MR) is 129 cm³/mol. The van der Waals surface area contributed by atoms with Gasteiger partial charge in [-0.25, -0.2) is 9.78 Å². The van der Waals surface area contributed by atoms with Crippen LogP contribution in [0.3, 0.4) is 0 Å². The van der Waals surface area contributed by atoms with E-state index in [0.717, 1.165) is 44.0 Å². The number of nitrogens with zero attached hydrogens (tertiary/aromatic N) is 1. The highest BCUT2D eigenvalue weighted by Gasteiger charge is 2.22. The normalized spacial score (nSPS) is 12.1. The van der Waals surface area contributed by atoms with Gasteiger partial charge in [-0.15, -0.1) is 0 Å². The number of H-pyrrole nitrogens is 1. The number of hydrogen-bond donors (Lipinski definition) is 4. The Kier molecular flexibility index (Phi) is 5.36. The van der Waals surface area contributed by atoms with Gasteiger partial charge in [-0.2, -0.15) is 0 Å². The number of aromatic nitrogens is 2. The number of benzene rings is 3. The molecule has 0 aliphatic rings. The van der Waals surface area contributed by atoms with E-state index in [1.807, 2.05) is 72.8 Å². The van der Waals surface area contributed by atoms with Gasteiger partial charge in [-0.1, -0.05) is 54.6 Å². The van der Waals surface area contributed by atoms with Crippen molar-refractivity contribution in [2.45, 2.75) is 12.5 Å². The number of carboxylic acids is 1. The van der Waals surface area contributed by atoms with Gasteiger partial charge < -0.3 is 20.7 Å². The average molecular weight is 438 g/mol. The quantitative estimate of drug-likeness (QED) is 0.286. The second kappa shape index (κ2) is 8.63. The summed E-state index contributed by atoms with van der Waals surface area (Å²) >= 11 is 0. The molecule has 0 aliphatic heterocycles. The van der Waals surface area contributed by atoms with E-state index in [1.54, 1.807) is 6.20 Å². The molecular formula is C26H22N4O3. The van der Waals surface area contributed by atoms with E-state index in [9.17, 15) is 14.7 Å². The number of carbonyl (C=O) groups is 2. The molecule has 33 heavy (non-hydrogen) atoms. The summed E-state index contributed by atoms with van der Waals surface area (Å²) < 4.78 is 0. The summed E-state index contributed by atoms with van der Waals surface area (Å²) in [5, 5.41) is 18.3. The molecule has 164 valence electrons. The van der Waals surface area contributed by atoms with E-state index < -0.39 is 17.9 Å². The van der Waals surface area contributed by atoms with Crippen LogP contribution in [0.1, 0.15) is 5.56 Å². The first-order valence-electron chi connectivity index (χ1n) is 10.7. The van der Waals surface area contributed by atoms with Crippen molar-refractivity contribution in [2.24, 2.45) is 0 Å². The number of rotatable bonds is 7. The molecule has 0 saturated heterocycles. The van der Waals surface area contributed by atoms with Crippen LogP contribution < -0.4 is 10.6 Å². The van der Waals surface area contributed by atoms with Gasteiger partial charge in [0.05, 0.1) is 23.3 Å². The van der Waals surface area contributed by atoms with Gasteiger partial charge in [0, 0.05) is 34.3 Å². The fourth-order valence-electron chi connectivity index (χ4n) is 4.16. The fourth-order valence-corrected chi connectivity index (χ4v) is 4.16. The molecule has 5 aromatic rings. The molecule has 0 spiro atoms. The minimum Gasteiger partial charge on any atom is -0.480 e. The maximum atomic E-state index is 12.7. The summed E-state index contributed by atoms with van der Waals surface area (Å²) in [6.07, 6.45) is 1.98. The van der Waals surface area contributed by atoms with Gasteiger partial charge in [-0.05, 0) is 23.8 Å². The number of para-hydroxylation sites is 3. The summed E-state index contributed by atoms with van der Waals surface area (Å²) in [7, 11) is 0. The lowest BCUT2D eigenvalue weighted by molar-refractivity contribution is -0.141. The smallest absolute Gasteiger partial charge is 0.326 e. The highest BCUT2D eigenvalue weighted by molar-refractivity contribution is 6.08. The first kappa shape index (κ1) is 20.5. The third-order valence-electron chi connectivity index (χ3n) is 5.75. The molecule has 7 nitrogen and oxygen atoms in total. The average Bonchev–Trinajstić information content (AvgIpc) is 3.24. The highest BCUT2D eigenvalue weighted by atomic mass is 16.4. The molecule has 0 aliphatic carbocycles. The second-order valence-electron chi connectivity index (χ2n) is 7.90. The highest BCUT2D eigenvalue weighted by Crippen LogP contribution is 2.30. The van der Waals surface area contributed by atoms with Crippen molar-refractivity contribution in [3.63, 3.8) is 0 Å². The van der Waals surface area contributed by atoms with Crippen LogP contribution in [0.4, 0.5) is 5.69 Å². The van der Waals surface area contributed by atoms with Gasteiger partial charge in [-0.3, -0.25) is 4.79 Å². The van der Waals surface area contributed by atoms with Crippen molar-refractivity contribution in [3.8, 4) is 0 Å². The molecule has 0 radical (unpaired) electrons. The monoisotopic (exact) mass is 438 g/mol. The number of hydrogen-bond acceptors (Lipinski definition) is 4. The second-order valence-corrected chi connectivity index (χ2v) is 7.90. The molecule has 0 fully saturated rings. The molecule has 2 heterocycles. The summed E-state index contributed by atoms with van der Waals surface area (Å²) in [6, 6.07) is 22.1. The molecule has 2 aromatic heterocycles. The number of aliphatic carboxylic acids is 1. The van der Waals surface area contributed by atoms with E-state index >= 15 is 0 Å². The Bertz CT molecular complexity index is 1440. The number of nitrogens with one attached hydrogen (secondary N) is 3. The van der Waals surface area contributed by atoms with Gasteiger partial charge in [0.25, 0.3) is 0 Å². The van der Waals surface area contributed by atoms with Crippen LogP contribution in [0, 0.1) is 0 Å². The van der Waals surface area contributed by atoms with Crippen molar-refractivity contribution in [1.29, 1.82) is 0 Å². The van der Waals surface area contributed by atoms with Crippen molar-refractivity contribution in [1.82, 2.24) is 15.3 Å². The molecule has 1 unspecified atom stereocenters. The Morgan fingerprint density at radius 1 is 0.879 bits per heavy atom. The van der Waals surface area contributed by atoms with E-state index in [-0.39, 0.29) is 13.0 Å². The van der Waals surface area contributed by atoms with Crippen LogP contribution in [0.25, 0.3) is 32.7 Å². The molecule has 5 rings (SSSR count). The van der Waals surface area contributed by atoms with E-state index in [0.29, 0.717) is 0 Å². The standard InChI is InChI=1S/C26H22N4O3/c31-24(30-23(26(32)33)13-16-14-27-20-10-4-1-7-17(16)20)15-28-25-18-8-2-5-11-21(18)29-22-12-6-3-9-19(22)25/h1-12,14,23,27H,13,15H2,(H,28,29)(H,30,31)(H,32,33). The molecule has 7 heteroatoms. The van der Waals surface area contributed by atoms with Crippen LogP contribution in [0.15, 0.2) is 79.0 Å². The van der Waals surface area contributed by atoms with Crippen LogP contribution in [-0.2, 0) is 16.0 Å². The Morgan fingerprint density at radius 3 is 2.15 bits per heavy atom. The van der Waals surface area contributed by atoms with Crippen LogP contribution in [0.5, 0.6) is 0 Å². The molecule has 0 bridgehead atoms. The number of pyridine rings is 1. The zero-order valence-corrected chi connectivity index (χ0v) is 17.7. The SMILES string of the molecule is O=C(CNc1c2ccccc2nc2ccccc12)NC(Cc1c[nH]c2ccccc12)C(=O)O. The zero-order valence-electron chi connectivity index (χ0n) is 17.7. The Balaban J connectivity index is 1.35. The first-order chi connectivity index (χ1) is 16.1. The predicted octanol–water partition coefficient (Wildman–Crippen LogP) is 4.09. The third kappa shape index (κ3) is 4.08.